The Labute approximate surface area is 148 Å². The Bertz CT molecular complexity index is 795. The van der Waals surface area contributed by atoms with E-state index in [-0.39, 0.29) is 0 Å². The average Bonchev–Trinajstić information content (AvgIpc) is 3.14. The topological polar surface area (TPSA) is 29.3 Å². The summed E-state index contributed by atoms with van der Waals surface area (Å²) in [5, 5.41) is 3.91. The highest BCUT2D eigenvalue weighted by Gasteiger charge is 2.18. The molecule has 2 aromatic carbocycles. The van der Waals surface area contributed by atoms with Gasteiger partial charge in [0.25, 0.3) is 0 Å². The molecule has 1 aliphatic rings. The monoisotopic (exact) mass is 330 g/mol. The molecule has 0 saturated carbocycles. The molecule has 1 aliphatic heterocycles. The van der Waals surface area contributed by atoms with Gasteiger partial charge in [-0.2, -0.15) is 0 Å². The molecule has 126 valence electrons. The van der Waals surface area contributed by atoms with Crippen molar-refractivity contribution in [1.82, 2.24) is 10.1 Å². The highest BCUT2D eigenvalue weighted by atomic mass is 16.5. The molecule has 1 aromatic heterocycles. The van der Waals surface area contributed by atoms with Crippen LogP contribution in [0.3, 0.4) is 0 Å². The maximum absolute atomic E-state index is 5.27. The van der Waals surface area contributed by atoms with Crippen LogP contribution in [0.5, 0.6) is 0 Å². The zero-order valence-electron chi connectivity index (χ0n) is 14.3. The minimum absolute atomic E-state index is 0.943. The Hall–Kier alpha value is -2.65. The van der Waals surface area contributed by atoms with Crippen molar-refractivity contribution in [1.29, 1.82) is 0 Å². The highest BCUT2D eigenvalue weighted by molar-refractivity contribution is 5.79. The van der Waals surface area contributed by atoms with E-state index in [4.69, 9.17) is 4.52 Å². The van der Waals surface area contributed by atoms with Crippen molar-refractivity contribution in [2.24, 2.45) is 0 Å². The van der Waals surface area contributed by atoms with Gasteiger partial charge in [0, 0.05) is 31.6 Å². The van der Waals surface area contributed by atoms with E-state index in [0.29, 0.717) is 0 Å². The summed E-state index contributed by atoms with van der Waals surface area (Å²) in [4.78, 5) is 2.48. The van der Waals surface area contributed by atoms with Gasteiger partial charge in [-0.1, -0.05) is 71.9 Å². The summed E-state index contributed by atoms with van der Waals surface area (Å²) >= 11 is 0. The van der Waals surface area contributed by atoms with Gasteiger partial charge in [-0.15, -0.1) is 0 Å². The van der Waals surface area contributed by atoms with E-state index in [0.717, 1.165) is 38.2 Å². The average molecular weight is 330 g/mol. The van der Waals surface area contributed by atoms with Crippen LogP contribution in [0, 0.1) is 0 Å². The van der Waals surface area contributed by atoms with Gasteiger partial charge in [-0.25, -0.2) is 0 Å². The third-order valence-corrected chi connectivity index (χ3v) is 4.74. The summed E-state index contributed by atoms with van der Waals surface area (Å²) < 4.78 is 5.27. The molecule has 0 aliphatic carbocycles. The lowest BCUT2D eigenvalue weighted by atomic mass is 9.97. The molecule has 0 fully saturated rings. The van der Waals surface area contributed by atoms with Crippen molar-refractivity contribution >= 4 is 5.57 Å². The first-order valence-electron chi connectivity index (χ1n) is 8.86. The van der Waals surface area contributed by atoms with E-state index in [1.807, 2.05) is 6.20 Å². The standard InChI is InChI=1S/C22H22N2O/c1-3-8-18(9-4-1)21(19-10-5-2-6-11-19)12-7-14-24-15-13-22-20(17-24)16-23-25-22/h1-6,8-12,16H,7,13-15,17H2. The zero-order valence-corrected chi connectivity index (χ0v) is 14.3. The van der Waals surface area contributed by atoms with Gasteiger partial charge in [0.2, 0.25) is 0 Å². The van der Waals surface area contributed by atoms with Crippen LogP contribution in [0.2, 0.25) is 0 Å². The Balaban J connectivity index is 1.49. The minimum atomic E-state index is 0.943. The number of fused-ring (bicyclic) bond motifs is 1. The van der Waals surface area contributed by atoms with Crippen molar-refractivity contribution in [2.45, 2.75) is 19.4 Å². The van der Waals surface area contributed by atoms with Crippen LogP contribution in [0.15, 0.2) is 77.5 Å². The summed E-state index contributed by atoms with van der Waals surface area (Å²) in [6.07, 6.45) is 6.22. The molecule has 4 rings (SSSR count). The molecule has 0 radical (unpaired) electrons. The summed E-state index contributed by atoms with van der Waals surface area (Å²) in [6.45, 7) is 3.04. The van der Waals surface area contributed by atoms with Crippen LogP contribution in [-0.4, -0.2) is 23.1 Å². The molecule has 0 saturated heterocycles. The molecule has 0 N–H and O–H groups in total. The molecule has 3 heteroatoms. The molecular weight excluding hydrogens is 308 g/mol. The third kappa shape index (κ3) is 3.72. The molecule has 0 amide bonds. The van der Waals surface area contributed by atoms with Crippen LogP contribution in [-0.2, 0) is 13.0 Å². The zero-order chi connectivity index (χ0) is 16.9. The van der Waals surface area contributed by atoms with E-state index >= 15 is 0 Å². The van der Waals surface area contributed by atoms with Crippen molar-refractivity contribution in [2.75, 3.05) is 13.1 Å². The maximum Gasteiger partial charge on any atom is 0.142 e. The molecule has 0 atom stereocenters. The van der Waals surface area contributed by atoms with Gasteiger partial charge >= 0.3 is 0 Å². The SMILES string of the molecule is C(CCN1CCc2oncc2C1)=C(c1ccccc1)c1ccccc1. The summed E-state index contributed by atoms with van der Waals surface area (Å²) in [7, 11) is 0. The van der Waals surface area contributed by atoms with E-state index < -0.39 is 0 Å². The van der Waals surface area contributed by atoms with Crippen LogP contribution >= 0.6 is 0 Å². The third-order valence-electron chi connectivity index (χ3n) is 4.74. The first kappa shape index (κ1) is 15.9. The van der Waals surface area contributed by atoms with Gasteiger partial charge in [0.15, 0.2) is 0 Å². The minimum Gasteiger partial charge on any atom is -0.361 e. The summed E-state index contributed by atoms with van der Waals surface area (Å²) in [6, 6.07) is 21.3. The van der Waals surface area contributed by atoms with Crippen LogP contribution in [0.1, 0.15) is 28.9 Å². The second-order valence-electron chi connectivity index (χ2n) is 6.44. The summed E-state index contributed by atoms with van der Waals surface area (Å²) in [5.74, 6) is 1.06. The molecule has 3 aromatic rings. The molecule has 2 heterocycles. The fourth-order valence-corrected chi connectivity index (χ4v) is 3.42. The number of benzene rings is 2. The molecular formula is C22H22N2O. The lowest BCUT2D eigenvalue weighted by Crippen LogP contribution is -2.30. The molecule has 0 spiro atoms. The number of rotatable bonds is 5. The highest BCUT2D eigenvalue weighted by Crippen LogP contribution is 2.24. The second-order valence-corrected chi connectivity index (χ2v) is 6.44. The number of aromatic nitrogens is 1. The van der Waals surface area contributed by atoms with E-state index in [2.05, 4.69) is 76.8 Å². The van der Waals surface area contributed by atoms with E-state index in [1.165, 1.54) is 22.3 Å². The van der Waals surface area contributed by atoms with Crippen LogP contribution < -0.4 is 0 Å². The fraction of sp³-hybridized carbons (Fsp3) is 0.227. The molecule has 3 nitrogen and oxygen atoms in total. The molecule has 25 heavy (non-hydrogen) atoms. The van der Waals surface area contributed by atoms with Gasteiger partial charge in [-0.3, -0.25) is 4.90 Å². The smallest absolute Gasteiger partial charge is 0.142 e. The van der Waals surface area contributed by atoms with Crippen molar-refractivity contribution in [3.8, 4) is 0 Å². The quantitative estimate of drug-likeness (QED) is 0.687. The number of hydrogen-bond donors (Lipinski definition) is 0. The Morgan fingerprint density at radius 1 is 1.00 bits per heavy atom. The predicted octanol–water partition coefficient (Wildman–Crippen LogP) is 4.55. The predicted molar refractivity (Wildman–Crippen MR) is 100 cm³/mol. The maximum atomic E-state index is 5.27. The molecule has 0 unspecified atom stereocenters. The van der Waals surface area contributed by atoms with Crippen LogP contribution in [0.4, 0.5) is 0 Å². The van der Waals surface area contributed by atoms with Gasteiger partial charge in [0.1, 0.15) is 5.76 Å². The van der Waals surface area contributed by atoms with E-state index in [1.54, 1.807) is 0 Å². The van der Waals surface area contributed by atoms with Gasteiger partial charge in [-0.05, 0) is 23.1 Å². The van der Waals surface area contributed by atoms with Crippen molar-refractivity contribution < 1.29 is 4.52 Å². The second kappa shape index (κ2) is 7.49. The lowest BCUT2D eigenvalue weighted by molar-refractivity contribution is 0.240. The van der Waals surface area contributed by atoms with Crippen molar-refractivity contribution in [3.05, 3.63) is 95.4 Å². The largest absolute Gasteiger partial charge is 0.361 e. The number of hydrogen-bond acceptors (Lipinski definition) is 3. The first-order chi connectivity index (χ1) is 12.4. The summed E-state index contributed by atoms with van der Waals surface area (Å²) in [5.41, 5.74) is 5.09. The fourth-order valence-electron chi connectivity index (χ4n) is 3.42. The van der Waals surface area contributed by atoms with Crippen LogP contribution in [0.25, 0.3) is 5.57 Å². The molecule has 0 bridgehead atoms. The Morgan fingerprint density at radius 2 is 1.68 bits per heavy atom. The van der Waals surface area contributed by atoms with Gasteiger partial charge < -0.3 is 4.52 Å². The Kier molecular flexibility index (Phi) is 4.75. The lowest BCUT2D eigenvalue weighted by Gasteiger charge is -2.24. The van der Waals surface area contributed by atoms with E-state index in [9.17, 15) is 0 Å². The van der Waals surface area contributed by atoms with Gasteiger partial charge in [0.05, 0.1) is 6.20 Å². The van der Waals surface area contributed by atoms with Crippen molar-refractivity contribution in [3.63, 3.8) is 0 Å². The normalized spacial score (nSPS) is 14.1. The first-order valence-corrected chi connectivity index (χ1v) is 8.86. The number of nitrogens with zero attached hydrogens (tertiary/aromatic N) is 2. The Morgan fingerprint density at radius 3 is 2.36 bits per heavy atom.